The molecule has 104 valence electrons. The van der Waals surface area contributed by atoms with Crippen LogP contribution in [0.15, 0.2) is 48.5 Å². The molecule has 0 bridgehead atoms. The molecule has 0 radical (unpaired) electrons. The summed E-state index contributed by atoms with van der Waals surface area (Å²) in [5, 5.41) is 0. The molecule has 0 N–H and O–H groups in total. The molecule has 0 unspecified atom stereocenters. The van der Waals surface area contributed by atoms with Crippen molar-refractivity contribution in [1.29, 1.82) is 0 Å². The van der Waals surface area contributed by atoms with Crippen molar-refractivity contribution in [2.75, 3.05) is 19.8 Å². The first-order valence-electron chi connectivity index (χ1n) is 6.70. The zero-order chi connectivity index (χ0) is 14.2. The van der Waals surface area contributed by atoms with Gasteiger partial charge in [0, 0.05) is 6.61 Å². The fourth-order valence-corrected chi connectivity index (χ4v) is 1.94. The van der Waals surface area contributed by atoms with Crippen LogP contribution in [-0.2, 0) is 4.74 Å². The van der Waals surface area contributed by atoms with Crippen LogP contribution in [0.1, 0.15) is 17.3 Å². The lowest BCUT2D eigenvalue weighted by Gasteiger charge is -2.10. The van der Waals surface area contributed by atoms with Crippen molar-refractivity contribution in [1.82, 2.24) is 0 Å². The second-order valence-electron chi connectivity index (χ2n) is 4.28. The summed E-state index contributed by atoms with van der Waals surface area (Å²) in [5.41, 5.74) is 2.64. The van der Waals surface area contributed by atoms with Crippen LogP contribution in [0.4, 0.5) is 0 Å². The van der Waals surface area contributed by atoms with Gasteiger partial charge in [-0.3, -0.25) is 4.79 Å². The fourth-order valence-electron chi connectivity index (χ4n) is 1.94. The monoisotopic (exact) mass is 270 g/mol. The van der Waals surface area contributed by atoms with E-state index in [4.69, 9.17) is 9.47 Å². The number of hydrogen-bond donors (Lipinski definition) is 0. The van der Waals surface area contributed by atoms with Crippen LogP contribution in [0.5, 0.6) is 5.75 Å². The van der Waals surface area contributed by atoms with Gasteiger partial charge in [-0.15, -0.1) is 0 Å². The van der Waals surface area contributed by atoms with E-state index in [2.05, 4.69) is 0 Å². The second kappa shape index (κ2) is 7.46. The lowest BCUT2D eigenvalue weighted by molar-refractivity contribution is 0.106. The predicted octanol–water partition coefficient (Wildman–Crippen LogP) is 3.58. The van der Waals surface area contributed by atoms with Crippen LogP contribution in [0.25, 0.3) is 11.1 Å². The van der Waals surface area contributed by atoms with Gasteiger partial charge in [-0.05, 0) is 30.2 Å². The van der Waals surface area contributed by atoms with E-state index >= 15 is 0 Å². The Morgan fingerprint density at radius 1 is 1.00 bits per heavy atom. The van der Waals surface area contributed by atoms with Gasteiger partial charge in [-0.25, -0.2) is 0 Å². The van der Waals surface area contributed by atoms with E-state index in [0.717, 1.165) is 17.4 Å². The topological polar surface area (TPSA) is 35.5 Å². The van der Waals surface area contributed by atoms with Crippen molar-refractivity contribution in [3.63, 3.8) is 0 Å². The Labute approximate surface area is 119 Å². The maximum atomic E-state index is 11.2. The number of carbonyl (C=O) groups excluding carboxylic acids is 1. The van der Waals surface area contributed by atoms with E-state index in [0.29, 0.717) is 31.1 Å². The van der Waals surface area contributed by atoms with Gasteiger partial charge >= 0.3 is 0 Å². The first-order valence-corrected chi connectivity index (χ1v) is 6.70. The fraction of sp³-hybridized carbons (Fsp3) is 0.235. The molecular formula is C17H18O3. The van der Waals surface area contributed by atoms with Gasteiger partial charge in [-0.2, -0.15) is 0 Å². The summed E-state index contributed by atoms with van der Waals surface area (Å²) in [6, 6.07) is 15.6. The maximum Gasteiger partial charge on any atom is 0.153 e. The Bertz CT molecular complexity index is 549. The van der Waals surface area contributed by atoms with E-state index in [1.54, 1.807) is 0 Å². The van der Waals surface area contributed by atoms with Crippen molar-refractivity contribution < 1.29 is 14.3 Å². The number of hydrogen-bond acceptors (Lipinski definition) is 3. The summed E-state index contributed by atoms with van der Waals surface area (Å²) in [6.45, 7) is 3.57. The van der Waals surface area contributed by atoms with Gasteiger partial charge in [-0.1, -0.05) is 36.4 Å². The van der Waals surface area contributed by atoms with Crippen molar-refractivity contribution in [3.8, 4) is 16.9 Å². The third-order valence-corrected chi connectivity index (χ3v) is 2.93. The van der Waals surface area contributed by atoms with Crippen LogP contribution in [0, 0.1) is 0 Å². The van der Waals surface area contributed by atoms with Crippen LogP contribution < -0.4 is 4.74 Å². The Balaban J connectivity index is 2.14. The number of benzene rings is 2. The van der Waals surface area contributed by atoms with Gasteiger partial charge in [0.05, 0.1) is 12.2 Å². The Kier molecular flexibility index (Phi) is 5.33. The minimum atomic E-state index is 0.444. The number of carbonyl (C=O) groups is 1. The van der Waals surface area contributed by atoms with E-state index in [1.165, 1.54) is 0 Å². The van der Waals surface area contributed by atoms with Gasteiger partial charge in [0.1, 0.15) is 12.4 Å². The number of aldehydes is 1. The van der Waals surface area contributed by atoms with Gasteiger partial charge in [0.2, 0.25) is 0 Å². The summed E-state index contributed by atoms with van der Waals surface area (Å²) in [7, 11) is 0. The molecule has 0 amide bonds. The molecule has 2 aromatic rings. The zero-order valence-electron chi connectivity index (χ0n) is 11.5. The highest BCUT2D eigenvalue weighted by molar-refractivity contribution is 5.83. The molecule has 0 aromatic heterocycles. The molecule has 0 spiro atoms. The van der Waals surface area contributed by atoms with Gasteiger partial charge < -0.3 is 9.47 Å². The molecule has 0 fully saturated rings. The van der Waals surface area contributed by atoms with Crippen LogP contribution in [0.3, 0.4) is 0 Å². The van der Waals surface area contributed by atoms with Crippen molar-refractivity contribution in [2.24, 2.45) is 0 Å². The lowest BCUT2D eigenvalue weighted by Crippen LogP contribution is -2.07. The second-order valence-corrected chi connectivity index (χ2v) is 4.28. The molecule has 0 atom stereocenters. The third-order valence-electron chi connectivity index (χ3n) is 2.93. The Morgan fingerprint density at radius 2 is 1.80 bits per heavy atom. The van der Waals surface area contributed by atoms with Crippen LogP contribution in [-0.4, -0.2) is 26.1 Å². The first kappa shape index (κ1) is 14.3. The van der Waals surface area contributed by atoms with Crippen LogP contribution >= 0.6 is 0 Å². The zero-order valence-corrected chi connectivity index (χ0v) is 11.5. The first-order chi connectivity index (χ1) is 9.85. The number of rotatable bonds is 7. The normalized spacial score (nSPS) is 10.2. The minimum Gasteiger partial charge on any atom is -0.490 e. The minimum absolute atomic E-state index is 0.444. The van der Waals surface area contributed by atoms with Crippen molar-refractivity contribution in [2.45, 2.75) is 6.92 Å². The largest absolute Gasteiger partial charge is 0.490 e. The number of ether oxygens (including phenoxy) is 2. The summed E-state index contributed by atoms with van der Waals surface area (Å²) in [5.74, 6) is 0.597. The molecule has 0 saturated carbocycles. The average molecular weight is 270 g/mol. The SMILES string of the molecule is CCOCCOc1ccc(-c2ccccc2)cc1C=O. The molecular weight excluding hydrogens is 252 g/mol. The molecule has 0 saturated heterocycles. The van der Waals surface area contributed by atoms with E-state index < -0.39 is 0 Å². The predicted molar refractivity (Wildman–Crippen MR) is 79.3 cm³/mol. The molecule has 20 heavy (non-hydrogen) atoms. The molecule has 0 heterocycles. The molecule has 2 aromatic carbocycles. The van der Waals surface area contributed by atoms with Crippen molar-refractivity contribution >= 4 is 6.29 Å². The van der Waals surface area contributed by atoms with Crippen LogP contribution in [0.2, 0.25) is 0 Å². The summed E-state index contributed by atoms with van der Waals surface area (Å²) in [4.78, 5) is 11.2. The standard InChI is InChI=1S/C17H18O3/c1-2-19-10-11-20-17-9-8-15(12-16(17)13-18)14-6-4-3-5-7-14/h3-9,12-13H,2,10-11H2,1H3. The molecule has 3 nitrogen and oxygen atoms in total. The quantitative estimate of drug-likeness (QED) is 0.570. The summed E-state index contributed by atoms with van der Waals surface area (Å²) >= 11 is 0. The summed E-state index contributed by atoms with van der Waals surface area (Å²) < 4.78 is 10.8. The third kappa shape index (κ3) is 3.68. The smallest absolute Gasteiger partial charge is 0.153 e. The van der Waals surface area contributed by atoms with Gasteiger partial charge in [0.15, 0.2) is 6.29 Å². The molecule has 3 heteroatoms. The summed E-state index contributed by atoms with van der Waals surface area (Å²) in [6.07, 6.45) is 0.822. The maximum absolute atomic E-state index is 11.2. The molecule has 2 rings (SSSR count). The van der Waals surface area contributed by atoms with Gasteiger partial charge in [0.25, 0.3) is 0 Å². The van der Waals surface area contributed by atoms with E-state index in [9.17, 15) is 4.79 Å². The Morgan fingerprint density at radius 3 is 2.50 bits per heavy atom. The average Bonchev–Trinajstić information content (AvgIpc) is 2.52. The highest BCUT2D eigenvalue weighted by Gasteiger charge is 2.06. The highest BCUT2D eigenvalue weighted by atomic mass is 16.5. The van der Waals surface area contributed by atoms with E-state index in [1.807, 2.05) is 55.5 Å². The molecule has 0 aliphatic heterocycles. The Hall–Kier alpha value is -2.13. The molecule has 0 aliphatic rings. The highest BCUT2D eigenvalue weighted by Crippen LogP contribution is 2.25. The lowest BCUT2D eigenvalue weighted by atomic mass is 10.0. The molecule has 0 aliphatic carbocycles. The van der Waals surface area contributed by atoms with E-state index in [-0.39, 0.29) is 0 Å². The van der Waals surface area contributed by atoms with Crippen molar-refractivity contribution in [3.05, 3.63) is 54.1 Å².